The van der Waals surface area contributed by atoms with Crippen LogP contribution in [-0.4, -0.2) is 19.9 Å². The van der Waals surface area contributed by atoms with E-state index in [1.54, 1.807) is 30.6 Å². The molecular formula is C17H14F3N5. The number of alkyl halides is 3. The van der Waals surface area contributed by atoms with Gasteiger partial charge in [-0.25, -0.2) is 9.97 Å². The van der Waals surface area contributed by atoms with Crippen molar-refractivity contribution in [3.63, 3.8) is 0 Å². The van der Waals surface area contributed by atoms with Crippen LogP contribution >= 0.6 is 0 Å². The largest absolute Gasteiger partial charge is 0.433 e. The van der Waals surface area contributed by atoms with Crippen molar-refractivity contribution < 1.29 is 13.2 Å². The molecule has 3 aromatic rings. The maximum absolute atomic E-state index is 13.2. The molecular weight excluding hydrogens is 331 g/mol. The fourth-order valence-electron chi connectivity index (χ4n) is 2.20. The highest BCUT2D eigenvalue weighted by atomic mass is 19.4. The fourth-order valence-corrected chi connectivity index (χ4v) is 2.20. The van der Waals surface area contributed by atoms with Crippen LogP contribution in [0.15, 0.2) is 49.1 Å². The molecule has 0 saturated carbocycles. The summed E-state index contributed by atoms with van der Waals surface area (Å²) in [5, 5.41) is 2.93. The second kappa shape index (κ2) is 6.84. The highest BCUT2D eigenvalue weighted by Gasteiger charge is 2.33. The summed E-state index contributed by atoms with van der Waals surface area (Å²) >= 11 is 0. The van der Waals surface area contributed by atoms with E-state index in [1.165, 1.54) is 12.4 Å². The molecule has 0 radical (unpaired) electrons. The lowest BCUT2D eigenvalue weighted by Gasteiger charge is -2.12. The van der Waals surface area contributed by atoms with E-state index in [2.05, 4.69) is 25.3 Å². The Morgan fingerprint density at radius 2 is 1.72 bits per heavy atom. The minimum atomic E-state index is -4.56. The molecule has 0 aliphatic heterocycles. The van der Waals surface area contributed by atoms with E-state index in [9.17, 15) is 13.2 Å². The zero-order valence-corrected chi connectivity index (χ0v) is 13.2. The van der Waals surface area contributed by atoms with E-state index in [-0.39, 0.29) is 11.6 Å². The highest BCUT2D eigenvalue weighted by molar-refractivity contribution is 5.57. The number of nitrogens with zero attached hydrogens (tertiary/aromatic N) is 4. The van der Waals surface area contributed by atoms with Gasteiger partial charge in [-0.3, -0.25) is 9.97 Å². The monoisotopic (exact) mass is 345 g/mol. The molecule has 0 spiro atoms. The highest BCUT2D eigenvalue weighted by Crippen LogP contribution is 2.30. The maximum Gasteiger partial charge on any atom is 0.433 e. The van der Waals surface area contributed by atoms with Gasteiger partial charge in [-0.1, -0.05) is 0 Å². The van der Waals surface area contributed by atoms with E-state index in [1.807, 2.05) is 6.92 Å². The number of aryl methyl sites for hydroxylation is 1. The smallest absolute Gasteiger partial charge is 0.366 e. The molecule has 0 aromatic carbocycles. The van der Waals surface area contributed by atoms with Gasteiger partial charge < -0.3 is 5.32 Å². The summed E-state index contributed by atoms with van der Waals surface area (Å²) in [6.45, 7) is 2.21. The Kier molecular flexibility index (Phi) is 4.60. The summed E-state index contributed by atoms with van der Waals surface area (Å²) in [6.07, 6.45) is 1.72. The predicted octanol–water partition coefficient (Wildman–Crippen LogP) is 3.87. The summed E-state index contributed by atoms with van der Waals surface area (Å²) in [4.78, 5) is 15.7. The van der Waals surface area contributed by atoms with Crippen LogP contribution in [0.25, 0.3) is 11.4 Å². The second-order valence-corrected chi connectivity index (χ2v) is 5.35. The van der Waals surface area contributed by atoms with Gasteiger partial charge in [-0.05, 0) is 36.2 Å². The lowest BCUT2D eigenvalue weighted by atomic mass is 10.1. The van der Waals surface area contributed by atoms with Crippen LogP contribution in [0.1, 0.15) is 16.8 Å². The molecule has 0 saturated heterocycles. The Hall–Kier alpha value is -3.03. The third-order valence-corrected chi connectivity index (χ3v) is 3.55. The van der Waals surface area contributed by atoms with Gasteiger partial charge in [0.2, 0.25) is 0 Å². The minimum Gasteiger partial charge on any atom is -0.366 e. The van der Waals surface area contributed by atoms with E-state index >= 15 is 0 Å². The van der Waals surface area contributed by atoms with Gasteiger partial charge >= 0.3 is 6.18 Å². The third-order valence-electron chi connectivity index (χ3n) is 3.55. The number of anilines is 1. The van der Waals surface area contributed by atoms with Crippen LogP contribution in [0, 0.1) is 6.92 Å². The molecule has 3 aromatic heterocycles. The van der Waals surface area contributed by atoms with Crippen LogP contribution in [0.5, 0.6) is 0 Å². The number of halogens is 3. The normalized spacial score (nSPS) is 11.4. The molecule has 0 fully saturated rings. The quantitative estimate of drug-likeness (QED) is 0.778. The van der Waals surface area contributed by atoms with Crippen LogP contribution < -0.4 is 5.32 Å². The van der Waals surface area contributed by atoms with Crippen LogP contribution in [0.4, 0.5) is 19.0 Å². The van der Waals surface area contributed by atoms with Gasteiger partial charge in [0.15, 0.2) is 11.5 Å². The molecule has 128 valence electrons. The SMILES string of the molecule is Cc1cnccc1CNc1cc(C(F)(F)F)nc(-c2ccncc2)n1. The molecule has 1 N–H and O–H groups in total. The Bertz CT molecular complexity index is 866. The average Bonchev–Trinajstić information content (AvgIpc) is 2.61. The third kappa shape index (κ3) is 4.09. The molecule has 5 nitrogen and oxygen atoms in total. The number of nitrogens with one attached hydrogen (secondary N) is 1. The Labute approximate surface area is 142 Å². The topological polar surface area (TPSA) is 63.6 Å². The van der Waals surface area contributed by atoms with Gasteiger partial charge in [0.25, 0.3) is 0 Å². The molecule has 0 aliphatic rings. The summed E-state index contributed by atoms with van der Waals surface area (Å²) in [6, 6.07) is 5.83. The van der Waals surface area contributed by atoms with Gasteiger partial charge in [0.1, 0.15) is 5.82 Å². The molecule has 0 atom stereocenters. The van der Waals surface area contributed by atoms with Crippen molar-refractivity contribution in [1.82, 2.24) is 19.9 Å². The lowest BCUT2D eigenvalue weighted by molar-refractivity contribution is -0.141. The average molecular weight is 345 g/mol. The predicted molar refractivity (Wildman–Crippen MR) is 86.6 cm³/mol. The maximum atomic E-state index is 13.2. The number of aromatic nitrogens is 4. The number of hydrogen-bond acceptors (Lipinski definition) is 5. The Morgan fingerprint density at radius 1 is 1.00 bits per heavy atom. The van der Waals surface area contributed by atoms with E-state index in [0.717, 1.165) is 17.2 Å². The first-order chi connectivity index (χ1) is 11.9. The number of pyridine rings is 2. The van der Waals surface area contributed by atoms with Gasteiger partial charge in [-0.15, -0.1) is 0 Å². The summed E-state index contributed by atoms with van der Waals surface area (Å²) in [5.74, 6) is 0.0940. The summed E-state index contributed by atoms with van der Waals surface area (Å²) < 4.78 is 39.5. The van der Waals surface area contributed by atoms with Crippen molar-refractivity contribution in [3.8, 4) is 11.4 Å². The minimum absolute atomic E-state index is 0.00817. The van der Waals surface area contributed by atoms with Gasteiger partial charge in [0.05, 0.1) is 0 Å². The van der Waals surface area contributed by atoms with E-state index in [4.69, 9.17) is 0 Å². The first-order valence-corrected chi connectivity index (χ1v) is 7.43. The van der Waals surface area contributed by atoms with Crippen LogP contribution in [0.2, 0.25) is 0 Å². The molecule has 25 heavy (non-hydrogen) atoms. The summed E-state index contributed by atoms with van der Waals surface area (Å²) in [7, 11) is 0. The molecule has 3 heterocycles. The first-order valence-electron chi connectivity index (χ1n) is 7.43. The first kappa shape index (κ1) is 16.8. The van der Waals surface area contributed by atoms with Crippen LogP contribution in [0.3, 0.4) is 0 Å². The standard InChI is InChI=1S/C17H14F3N5/c1-11-9-22-7-4-13(11)10-23-15-8-14(17(18,19)20)24-16(25-15)12-2-5-21-6-3-12/h2-9H,10H2,1H3,(H,23,24,25). The molecule has 0 aliphatic carbocycles. The second-order valence-electron chi connectivity index (χ2n) is 5.35. The lowest BCUT2D eigenvalue weighted by Crippen LogP contribution is -2.12. The van der Waals surface area contributed by atoms with Crippen molar-refractivity contribution in [1.29, 1.82) is 0 Å². The molecule has 0 amide bonds. The molecule has 3 rings (SSSR count). The molecule has 0 bridgehead atoms. The zero-order chi connectivity index (χ0) is 17.9. The van der Waals surface area contributed by atoms with E-state index in [0.29, 0.717) is 12.1 Å². The van der Waals surface area contributed by atoms with E-state index < -0.39 is 11.9 Å². The van der Waals surface area contributed by atoms with Crippen molar-refractivity contribution in [2.45, 2.75) is 19.6 Å². The molecule has 8 heteroatoms. The van der Waals surface area contributed by atoms with Crippen LogP contribution in [-0.2, 0) is 12.7 Å². The zero-order valence-electron chi connectivity index (χ0n) is 13.2. The summed E-state index contributed by atoms with van der Waals surface area (Å²) in [5.41, 5.74) is 1.33. The fraction of sp³-hybridized carbons (Fsp3) is 0.176. The number of rotatable bonds is 4. The van der Waals surface area contributed by atoms with Gasteiger partial charge in [0, 0.05) is 43.0 Å². The Balaban J connectivity index is 1.94. The van der Waals surface area contributed by atoms with Crippen molar-refractivity contribution in [2.24, 2.45) is 0 Å². The van der Waals surface area contributed by atoms with Crippen molar-refractivity contribution >= 4 is 5.82 Å². The Morgan fingerprint density at radius 3 is 2.40 bits per heavy atom. The van der Waals surface area contributed by atoms with Crippen molar-refractivity contribution in [2.75, 3.05) is 5.32 Å². The number of hydrogen-bond donors (Lipinski definition) is 1. The molecule has 0 unspecified atom stereocenters. The van der Waals surface area contributed by atoms with Crippen molar-refractivity contribution in [3.05, 3.63) is 65.9 Å². The van der Waals surface area contributed by atoms with Gasteiger partial charge in [-0.2, -0.15) is 13.2 Å².